The van der Waals surface area contributed by atoms with Gasteiger partial charge in [0.25, 0.3) is 0 Å². The predicted molar refractivity (Wildman–Crippen MR) is 77.8 cm³/mol. The SMILES string of the molecule is CN(C(=O)C1(C)CCCC1)c1ccc(C(=O)O)cc1N. The molecule has 0 spiro atoms. The molecule has 108 valence electrons. The fourth-order valence-corrected chi connectivity index (χ4v) is 2.88. The van der Waals surface area contributed by atoms with E-state index in [0.717, 1.165) is 25.7 Å². The number of carboxylic acids is 1. The maximum Gasteiger partial charge on any atom is 0.335 e. The van der Waals surface area contributed by atoms with E-state index in [1.165, 1.54) is 12.1 Å². The molecule has 0 radical (unpaired) electrons. The first kappa shape index (κ1) is 14.4. The second-order valence-corrected chi connectivity index (χ2v) is 5.71. The highest BCUT2D eigenvalue weighted by molar-refractivity contribution is 6.00. The third-order valence-electron chi connectivity index (χ3n) is 4.16. The van der Waals surface area contributed by atoms with Crippen LogP contribution in [0.25, 0.3) is 0 Å². The van der Waals surface area contributed by atoms with Gasteiger partial charge in [0.2, 0.25) is 5.91 Å². The van der Waals surface area contributed by atoms with Crippen molar-refractivity contribution >= 4 is 23.3 Å². The number of anilines is 2. The van der Waals surface area contributed by atoms with Gasteiger partial charge in [0, 0.05) is 12.5 Å². The van der Waals surface area contributed by atoms with Crippen LogP contribution in [0.15, 0.2) is 18.2 Å². The van der Waals surface area contributed by atoms with Crippen LogP contribution in [0.2, 0.25) is 0 Å². The van der Waals surface area contributed by atoms with E-state index in [0.29, 0.717) is 11.4 Å². The van der Waals surface area contributed by atoms with E-state index in [4.69, 9.17) is 10.8 Å². The van der Waals surface area contributed by atoms with Crippen LogP contribution in [-0.2, 0) is 4.79 Å². The normalized spacial score (nSPS) is 16.9. The number of hydrogen-bond acceptors (Lipinski definition) is 3. The summed E-state index contributed by atoms with van der Waals surface area (Å²) < 4.78 is 0. The molecule has 1 aromatic carbocycles. The molecule has 0 saturated heterocycles. The summed E-state index contributed by atoms with van der Waals surface area (Å²) in [5, 5.41) is 8.93. The lowest BCUT2D eigenvalue weighted by atomic mass is 9.87. The Bertz CT molecular complexity index is 548. The Labute approximate surface area is 118 Å². The predicted octanol–water partition coefficient (Wildman–Crippen LogP) is 2.51. The molecule has 0 aliphatic heterocycles. The monoisotopic (exact) mass is 276 g/mol. The van der Waals surface area contributed by atoms with Crippen LogP contribution in [0.4, 0.5) is 11.4 Å². The number of amides is 1. The topological polar surface area (TPSA) is 83.6 Å². The smallest absolute Gasteiger partial charge is 0.335 e. The summed E-state index contributed by atoms with van der Waals surface area (Å²) in [6.07, 6.45) is 3.93. The summed E-state index contributed by atoms with van der Waals surface area (Å²) in [4.78, 5) is 25.0. The fraction of sp³-hybridized carbons (Fsp3) is 0.467. The van der Waals surface area contributed by atoms with Gasteiger partial charge < -0.3 is 15.7 Å². The van der Waals surface area contributed by atoms with E-state index >= 15 is 0 Å². The van der Waals surface area contributed by atoms with Gasteiger partial charge >= 0.3 is 5.97 Å². The zero-order chi connectivity index (χ0) is 14.9. The first-order valence-electron chi connectivity index (χ1n) is 6.76. The van der Waals surface area contributed by atoms with Crippen molar-refractivity contribution < 1.29 is 14.7 Å². The molecule has 3 N–H and O–H groups in total. The number of nitrogens with two attached hydrogens (primary N) is 1. The maximum absolute atomic E-state index is 12.6. The van der Waals surface area contributed by atoms with Crippen LogP contribution in [0.3, 0.4) is 0 Å². The summed E-state index contributed by atoms with van der Waals surface area (Å²) >= 11 is 0. The Morgan fingerprint density at radius 3 is 2.40 bits per heavy atom. The highest BCUT2D eigenvalue weighted by atomic mass is 16.4. The molecule has 1 aromatic rings. The van der Waals surface area contributed by atoms with Crippen molar-refractivity contribution in [1.82, 2.24) is 0 Å². The number of carbonyl (C=O) groups is 2. The molecule has 1 aliphatic carbocycles. The van der Waals surface area contributed by atoms with E-state index in [2.05, 4.69) is 0 Å². The number of nitrogen functional groups attached to an aromatic ring is 1. The zero-order valence-corrected chi connectivity index (χ0v) is 11.8. The van der Waals surface area contributed by atoms with Gasteiger partial charge in [-0.2, -0.15) is 0 Å². The van der Waals surface area contributed by atoms with Gasteiger partial charge in [0.05, 0.1) is 16.9 Å². The Kier molecular flexibility index (Phi) is 3.70. The molecule has 5 heteroatoms. The quantitative estimate of drug-likeness (QED) is 0.831. The Morgan fingerprint density at radius 2 is 1.90 bits per heavy atom. The average molecular weight is 276 g/mol. The standard InChI is InChI=1S/C15H20N2O3/c1-15(7-3-4-8-15)14(20)17(2)12-6-5-10(13(18)19)9-11(12)16/h5-6,9H,3-4,7-8,16H2,1-2H3,(H,18,19). The van der Waals surface area contributed by atoms with Crippen LogP contribution in [0.1, 0.15) is 43.0 Å². The molecule has 0 heterocycles. The van der Waals surface area contributed by atoms with E-state index in [1.807, 2.05) is 6.92 Å². The number of carbonyl (C=O) groups excluding carboxylic acids is 1. The highest BCUT2D eigenvalue weighted by Gasteiger charge is 2.38. The minimum atomic E-state index is -1.03. The van der Waals surface area contributed by atoms with Gasteiger partial charge in [0.1, 0.15) is 0 Å². The zero-order valence-electron chi connectivity index (χ0n) is 11.8. The van der Waals surface area contributed by atoms with Crippen molar-refractivity contribution in [3.8, 4) is 0 Å². The molecular formula is C15H20N2O3. The lowest BCUT2D eigenvalue weighted by molar-refractivity contribution is -0.126. The van der Waals surface area contributed by atoms with Crippen molar-refractivity contribution in [1.29, 1.82) is 0 Å². The van der Waals surface area contributed by atoms with E-state index in [1.54, 1.807) is 18.0 Å². The number of benzene rings is 1. The van der Waals surface area contributed by atoms with E-state index in [-0.39, 0.29) is 16.9 Å². The molecule has 0 atom stereocenters. The highest BCUT2D eigenvalue weighted by Crippen LogP contribution is 2.40. The van der Waals surface area contributed by atoms with Gasteiger partial charge in [0.15, 0.2) is 0 Å². The van der Waals surface area contributed by atoms with Gasteiger partial charge in [-0.05, 0) is 31.0 Å². The summed E-state index contributed by atoms with van der Waals surface area (Å²) in [6.45, 7) is 1.99. The molecule has 5 nitrogen and oxygen atoms in total. The summed E-state index contributed by atoms with van der Waals surface area (Å²) in [7, 11) is 1.69. The number of rotatable bonds is 3. The molecule has 1 fully saturated rings. The minimum absolute atomic E-state index is 0.0461. The van der Waals surface area contributed by atoms with E-state index < -0.39 is 5.97 Å². The van der Waals surface area contributed by atoms with Crippen molar-refractivity contribution in [3.63, 3.8) is 0 Å². The van der Waals surface area contributed by atoms with Crippen LogP contribution in [-0.4, -0.2) is 24.0 Å². The Morgan fingerprint density at radius 1 is 1.30 bits per heavy atom. The third-order valence-corrected chi connectivity index (χ3v) is 4.16. The molecule has 20 heavy (non-hydrogen) atoms. The first-order chi connectivity index (χ1) is 9.35. The Hall–Kier alpha value is -2.04. The molecule has 1 saturated carbocycles. The van der Waals surface area contributed by atoms with Crippen molar-refractivity contribution in [3.05, 3.63) is 23.8 Å². The molecule has 0 bridgehead atoms. The summed E-state index contributed by atoms with van der Waals surface area (Å²) in [5.74, 6) is -0.982. The third kappa shape index (κ3) is 2.48. The van der Waals surface area contributed by atoms with Crippen molar-refractivity contribution in [2.45, 2.75) is 32.6 Å². The first-order valence-corrected chi connectivity index (χ1v) is 6.76. The van der Waals surface area contributed by atoms with Crippen LogP contribution in [0, 0.1) is 5.41 Å². The van der Waals surface area contributed by atoms with Crippen LogP contribution >= 0.6 is 0 Å². The lowest BCUT2D eigenvalue weighted by Crippen LogP contribution is -2.39. The maximum atomic E-state index is 12.6. The molecule has 2 rings (SSSR count). The Balaban J connectivity index is 2.27. The molecular weight excluding hydrogens is 256 g/mol. The lowest BCUT2D eigenvalue weighted by Gasteiger charge is -2.29. The summed E-state index contributed by atoms with van der Waals surface area (Å²) in [6, 6.07) is 4.45. The van der Waals surface area contributed by atoms with Crippen molar-refractivity contribution in [2.75, 3.05) is 17.7 Å². The minimum Gasteiger partial charge on any atom is -0.478 e. The number of carboxylic acid groups (broad SMARTS) is 1. The largest absolute Gasteiger partial charge is 0.478 e. The van der Waals surface area contributed by atoms with Gasteiger partial charge in [-0.1, -0.05) is 19.8 Å². The summed E-state index contributed by atoms with van der Waals surface area (Å²) in [5.41, 5.74) is 6.55. The average Bonchev–Trinajstić information content (AvgIpc) is 2.85. The molecule has 0 unspecified atom stereocenters. The number of hydrogen-bond donors (Lipinski definition) is 2. The van der Waals surface area contributed by atoms with Crippen LogP contribution in [0.5, 0.6) is 0 Å². The number of nitrogens with zero attached hydrogens (tertiary/aromatic N) is 1. The van der Waals surface area contributed by atoms with Gasteiger partial charge in [-0.15, -0.1) is 0 Å². The molecule has 0 aromatic heterocycles. The second kappa shape index (κ2) is 5.15. The van der Waals surface area contributed by atoms with Gasteiger partial charge in [-0.3, -0.25) is 4.79 Å². The van der Waals surface area contributed by atoms with Gasteiger partial charge in [-0.25, -0.2) is 4.79 Å². The second-order valence-electron chi connectivity index (χ2n) is 5.71. The van der Waals surface area contributed by atoms with Crippen LogP contribution < -0.4 is 10.6 Å². The molecule has 1 amide bonds. The van der Waals surface area contributed by atoms with Crippen molar-refractivity contribution in [2.24, 2.45) is 5.41 Å². The van der Waals surface area contributed by atoms with E-state index in [9.17, 15) is 9.59 Å². The molecule has 1 aliphatic rings. The fourth-order valence-electron chi connectivity index (χ4n) is 2.88. The number of aromatic carboxylic acids is 1.